The summed E-state index contributed by atoms with van der Waals surface area (Å²) in [6.45, 7) is 7.09. The Hall–Kier alpha value is -1.10. The lowest BCUT2D eigenvalue weighted by Gasteiger charge is -2.17. The standard InChI is InChI=1S/C9H14N2O2S/c1-9(2,3)5-11-8-10-4-6(14-8)7(12)13/h4H,5H2,1-3H3,(H,10,11)(H,12,13). The summed E-state index contributed by atoms with van der Waals surface area (Å²) < 4.78 is 0. The van der Waals surface area contributed by atoms with Crippen molar-refractivity contribution in [2.45, 2.75) is 20.8 Å². The molecule has 4 nitrogen and oxygen atoms in total. The Morgan fingerprint density at radius 3 is 2.71 bits per heavy atom. The third kappa shape index (κ3) is 3.33. The molecule has 0 atom stereocenters. The molecule has 0 radical (unpaired) electrons. The average Bonchev–Trinajstić information content (AvgIpc) is 2.47. The first-order chi connectivity index (χ1) is 6.38. The SMILES string of the molecule is CC(C)(C)CNc1ncc(C(=O)O)s1. The van der Waals surface area contributed by atoms with Crippen molar-refractivity contribution in [3.05, 3.63) is 11.1 Å². The molecule has 2 N–H and O–H groups in total. The van der Waals surface area contributed by atoms with E-state index in [1.54, 1.807) is 0 Å². The number of carboxylic acid groups (broad SMARTS) is 1. The van der Waals surface area contributed by atoms with E-state index >= 15 is 0 Å². The molecule has 78 valence electrons. The molecule has 0 saturated heterocycles. The minimum Gasteiger partial charge on any atom is -0.477 e. The van der Waals surface area contributed by atoms with Crippen LogP contribution in [0.4, 0.5) is 5.13 Å². The van der Waals surface area contributed by atoms with Crippen molar-refractivity contribution in [3.63, 3.8) is 0 Å². The smallest absolute Gasteiger partial charge is 0.347 e. The van der Waals surface area contributed by atoms with E-state index in [0.717, 1.165) is 17.9 Å². The van der Waals surface area contributed by atoms with Gasteiger partial charge in [0.25, 0.3) is 0 Å². The van der Waals surface area contributed by atoms with Crippen LogP contribution in [0.15, 0.2) is 6.20 Å². The van der Waals surface area contributed by atoms with Crippen molar-refractivity contribution in [2.24, 2.45) is 5.41 Å². The molecule has 0 aliphatic heterocycles. The molecule has 0 aliphatic carbocycles. The molecule has 0 saturated carbocycles. The highest BCUT2D eigenvalue weighted by Crippen LogP contribution is 2.20. The van der Waals surface area contributed by atoms with Gasteiger partial charge in [0.1, 0.15) is 4.88 Å². The zero-order valence-corrected chi connectivity index (χ0v) is 9.31. The second-order valence-corrected chi connectivity index (χ2v) is 5.28. The number of nitrogens with one attached hydrogen (secondary N) is 1. The van der Waals surface area contributed by atoms with Crippen LogP contribution in [-0.2, 0) is 0 Å². The Balaban J connectivity index is 2.56. The number of aromatic carboxylic acids is 1. The van der Waals surface area contributed by atoms with Crippen molar-refractivity contribution in [1.82, 2.24) is 4.98 Å². The van der Waals surface area contributed by atoms with Crippen LogP contribution in [0.1, 0.15) is 30.4 Å². The van der Waals surface area contributed by atoms with Crippen LogP contribution in [0.2, 0.25) is 0 Å². The molecule has 0 amide bonds. The Kier molecular flexibility index (Phi) is 3.10. The maximum Gasteiger partial charge on any atom is 0.347 e. The number of hydrogen-bond acceptors (Lipinski definition) is 4. The van der Waals surface area contributed by atoms with Gasteiger partial charge in [-0.3, -0.25) is 0 Å². The number of nitrogens with zero attached hydrogens (tertiary/aromatic N) is 1. The molecular weight excluding hydrogens is 200 g/mol. The van der Waals surface area contributed by atoms with Crippen molar-refractivity contribution < 1.29 is 9.90 Å². The minimum absolute atomic E-state index is 0.162. The van der Waals surface area contributed by atoms with Gasteiger partial charge in [-0.2, -0.15) is 0 Å². The molecule has 0 aromatic carbocycles. The van der Waals surface area contributed by atoms with Gasteiger partial charge < -0.3 is 10.4 Å². The number of hydrogen-bond donors (Lipinski definition) is 2. The van der Waals surface area contributed by atoms with Gasteiger partial charge in [0, 0.05) is 6.54 Å². The van der Waals surface area contributed by atoms with Gasteiger partial charge in [-0.15, -0.1) is 0 Å². The van der Waals surface area contributed by atoms with Crippen molar-refractivity contribution in [2.75, 3.05) is 11.9 Å². The summed E-state index contributed by atoms with van der Waals surface area (Å²) >= 11 is 1.16. The first-order valence-electron chi connectivity index (χ1n) is 4.31. The van der Waals surface area contributed by atoms with Gasteiger partial charge >= 0.3 is 5.97 Å². The molecule has 0 spiro atoms. The number of carboxylic acids is 1. The fourth-order valence-electron chi connectivity index (χ4n) is 0.795. The van der Waals surface area contributed by atoms with E-state index < -0.39 is 5.97 Å². The van der Waals surface area contributed by atoms with Crippen molar-refractivity contribution in [3.8, 4) is 0 Å². The second-order valence-electron chi connectivity index (χ2n) is 4.25. The van der Waals surface area contributed by atoms with Crippen LogP contribution in [-0.4, -0.2) is 22.6 Å². The average molecular weight is 214 g/mol. The summed E-state index contributed by atoms with van der Waals surface area (Å²) in [4.78, 5) is 14.8. The van der Waals surface area contributed by atoms with Crippen LogP contribution >= 0.6 is 11.3 Å². The van der Waals surface area contributed by atoms with Crippen molar-refractivity contribution >= 4 is 22.4 Å². The van der Waals surface area contributed by atoms with Crippen LogP contribution < -0.4 is 5.32 Å². The van der Waals surface area contributed by atoms with Gasteiger partial charge in [-0.1, -0.05) is 32.1 Å². The highest BCUT2D eigenvalue weighted by Gasteiger charge is 2.12. The first kappa shape index (κ1) is 11.0. The topological polar surface area (TPSA) is 62.2 Å². The zero-order valence-electron chi connectivity index (χ0n) is 8.50. The predicted octanol–water partition coefficient (Wildman–Crippen LogP) is 2.30. The van der Waals surface area contributed by atoms with Crippen molar-refractivity contribution in [1.29, 1.82) is 0 Å². The lowest BCUT2D eigenvalue weighted by Crippen LogP contribution is -2.18. The third-order valence-corrected chi connectivity index (χ3v) is 2.43. The van der Waals surface area contributed by atoms with Crippen LogP contribution in [0.5, 0.6) is 0 Å². The molecule has 0 unspecified atom stereocenters. The minimum atomic E-state index is -0.925. The molecule has 1 aromatic rings. The number of anilines is 1. The molecule has 5 heteroatoms. The fraction of sp³-hybridized carbons (Fsp3) is 0.556. The quantitative estimate of drug-likeness (QED) is 0.810. The fourth-order valence-corrected chi connectivity index (χ4v) is 1.45. The third-order valence-electron chi connectivity index (χ3n) is 1.49. The summed E-state index contributed by atoms with van der Waals surface area (Å²) in [6, 6.07) is 0. The Morgan fingerprint density at radius 1 is 1.64 bits per heavy atom. The molecule has 0 aliphatic rings. The van der Waals surface area contributed by atoms with E-state index in [1.165, 1.54) is 6.20 Å². The normalized spacial score (nSPS) is 11.4. The number of aromatic nitrogens is 1. The van der Waals surface area contributed by atoms with Gasteiger partial charge in [0.05, 0.1) is 6.20 Å². The van der Waals surface area contributed by atoms with Gasteiger partial charge in [0.15, 0.2) is 5.13 Å². The van der Waals surface area contributed by atoms with Crippen LogP contribution in [0, 0.1) is 5.41 Å². The monoisotopic (exact) mass is 214 g/mol. The van der Waals surface area contributed by atoms with Crippen LogP contribution in [0.25, 0.3) is 0 Å². The van der Waals surface area contributed by atoms with E-state index in [-0.39, 0.29) is 10.3 Å². The van der Waals surface area contributed by atoms with Gasteiger partial charge in [-0.05, 0) is 5.41 Å². The highest BCUT2D eigenvalue weighted by atomic mass is 32.1. The Bertz CT molecular complexity index is 328. The number of thiazole rings is 1. The zero-order chi connectivity index (χ0) is 10.8. The summed E-state index contributed by atoms with van der Waals surface area (Å²) in [6.07, 6.45) is 1.37. The molecule has 1 rings (SSSR count). The summed E-state index contributed by atoms with van der Waals surface area (Å²) in [7, 11) is 0. The summed E-state index contributed by atoms with van der Waals surface area (Å²) in [5, 5.41) is 12.4. The van der Waals surface area contributed by atoms with E-state index in [0.29, 0.717) is 5.13 Å². The Labute approximate surface area is 87.0 Å². The lowest BCUT2D eigenvalue weighted by atomic mass is 9.97. The van der Waals surface area contributed by atoms with E-state index in [4.69, 9.17) is 5.11 Å². The predicted molar refractivity (Wildman–Crippen MR) is 57.0 cm³/mol. The van der Waals surface area contributed by atoms with Gasteiger partial charge in [0.2, 0.25) is 0 Å². The van der Waals surface area contributed by atoms with E-state index in [2.05, 4.69) is 31.1 Å². The molecule has 1 aromatic heterocycles. The second kappa shape index (κ2) is 3.96. The van der Waals surface area contributed by atoms with E-state index in [1.807, 2.05) is 0 Å². The maximum absolute atomic E-state index is 10.6. The molecular formula is C9H14N2O2S. The maximum atomic E-state index is 10.6. The van der Waals surface area contributed by atoms with E-state index in [9.17, 15) is 4.79 Å². The number of carbonyl (C=O) groups is 1. The van der Waals surface area contributed by atoms with Crippen LogP contribution in [0.3, 0.4) is 0 Å². The number of rotatable bonds is 3. The highest BCUT2D eigenvalue weighted by molar-refractivity contribution is 7.17. The molecule has 14 heavy (non-hydrogen) atoms. The van der Waals surface area contributed by atoms with Gasteiger partial charge in [-0.25, -0.2) is 9.78 Å². The Morgan fingerprint density at radius 2 is 2.29 bits per heavy atom. The summed E-state index contributed by atoms with van der Waals surface area (Å²) in [5.74, 6) is -0.925. The molecule has 0 bridgehead atoms. The first-order valence-corrected chi connectivity index (χ1v) is 5.13. The largest absolute Gasteiger partial charge is 0.477 e. The molecule has 0 fully saturated rings. The lowest BCUT2D eigenvalue weighted by molar-refractivity contribution is 0.0702. The summed E-state index contributed by atoms with van der Waals surface area (Å²) in [5.41, 5.74) is 0.162. The molecule has 1 heterocycles.